The fraction of sp³-hybridized carbons (Fsp3) is 0.812. The van der Waals surface area contributed by atoms with Crippen LogP contribution in [0.2, 0.25) is 0 Å². The molecule has 2 nitrogen and oxygen atoms in total. The van der Waals surface area contributed by atoms with E-state index in [4.69, 9.17) is 4.98 Å². The van der Waals surface area contributed by atoms with Gasteiger partial charge in [-0.15, -0.1) is 11.3 Å². The summed E-state index contributed by atoms with van der Waals surface area (Å²) >= 11 is 4.12. The van der Waals surface area contributed by atoms with Gasteiger partial charge in [-0.2, -0.15) is 11.8 Å². The molecule has 2 atom stereocenters. The highest BCUT2D eigenvalue weighted by Crippen LogP contribution is 2.44. The van der Waals surface area contributed by atoms with Crippen LogP contribution in [-0.4, -0.2) is 22.8 Å². The summed E-state index contributed by atoms with van der Waals surface area (Å²) in [6.07, 6.45) is 6.60. The fourth-order valence-corrected chi connectivity index (χ4v) is 5.77. The maximum Gasteiger partial charge on any atom is 0.106 e. The van der Waals surface area contributed by atoms with E-state index in [9.17, 15) is 0 Å². The van der Waals surface area contributed by atoms with Gasteiger partial charge < -0.3 is 5.32 Å². The summed E-state index contributed by atoms with van der Waals surface area (Å²) in [4.78, 5) is 6.66. The second kappa shape index (κ2) is 5.98. The lowest BCUT2D eigenvalue weighted by atomic mass is 9.90. The van der Waals surface area contributed by atoms with E-state index in [2.05, 4.69) is 37.8 Å². The summed E-state index contributed by atoms with van der Waals surface area (Å²) in [6.45, 7) is 7.83. The topological polar surface area (TPSA) is 24.9 Å². The molecule has 1 aliphatic carbocycles. The molecule has 1 N–H and O–H groups in total. The van der Waals surface area contributed by atoms with Crippen LogP contribution in [0.15, 0.2) is 0 Å². The van der Waals surface area contributed by atoms with Crippen molar-refractivity contribution >= 4 is 23.1 Å². The molecule has 0 spiro atoms. The van der Waals surface area contributed by atoms with Crippen molar-refractivity contribution in [3.63, 3.8) is 0 Å². The van der Waals surface area contributed by atoms with Crippen LogP contribution >= 0.6 is 23.1 Å². The molecule has 1 aromatic rings. The van der Waals surface area contributed by atoms with Crippen molar-refractivity contribution in [1.29, 1.82) is 0 Å². The van der Waals surface area contributed by atoms with Crippen LogP contribution < -0.4 is 5.32 Å². The Hall–Kier alpha value is -0.0600. The average Bonchev–Trinajstić information content (AvgIpc) is 3.03. The van der Waals surface area contributed by atoms with Crippen molar-refractivity contribution in [3.05, 3.63) is 15.6 Å². The van der Waals surface area contributed by atoms with Crippen molar-refractivity contribution < 1.29 is 0 Å². The number of fused-ring (bicyclic) bond motifs is 1. The lowest BCUT2D eigenvalue weighted by Crippen LogP contribution is -2.39. The van der Waals surface area contributed by atoms with Gasteiger partial charge in [0.1, 0.15) is 5.01 Å². The number of hydrogen-bond acceptors (Lipinski definition) is 4. The van der Waals surface area contributed by atoms with E-state index in [0.29, 0.717) is 11.2 Å². The SMILES string of the molecule is CC(C)(C)NCC1CCCc2sc(C3CCCS3)nc21. The molecule has 20 heavy (non-hydrogen) atoms. The first-order valence-corrected chi connectivity index (χ1v) is 9.75. The first kappa shape index (κ1) is 14.9. The minimum absolute atomic E-state index is 0.206. The van der Waals surface area contributed by atoms with Gasteiger partial charge in [-0.05, 0) is 58.6 Å². The van der Waals surface area contributed by atoms with Gasteiger partial charge in [-0.25, -0.2) is 4.98 Å². The maximum absolute atomic E-state index is 5.07. The van der Waals surface area contributed by atoms with Crippen molar-refractivity contribution in [1.82, 2.24) is 10.3 Å². The second-order valence-corrected chi connectivity index (χ2v) is 9.51. The Morgan fingerprint density at radius 2 is 2.10 bits per heavy atom. The molecule has 1 saturated heterocycles. The molecule has 1 aromatic heterocycles. The van der Waals surface area contributed by atoms with Gasteiger partial charge in [0, 0.05) is 22.9 Å². The van der Waals surface area contributed by atoms with E-state index in [1.807, 2.05) is 11.3 Å². The summed E-state index contributed by atoms with van der Waals surface area (Å²) < 4.78 is 0. The molecule has 0 bridgehead atoms. The Kier molecular flexibility index (Phi) is 4.44. The van der Waals surface area contributed by atoms with Crippen LogP contribution in [0.1, 0.15) is 73.2 Å². The molecule has 2 unspecified atom stereocenters. The minimum Gasteiger partial charge on any atom is -0.311 e. The largest absolute Gasteiger partial charge is 0.311 e. The lowest BCUT2D eigenvalue weighted by molar-refractivity contribution is 0.388. The molecule has 2 aliphatic rings. The van der Waals surface area contributed by atoms with Crippen LogP contribution in [0.5, 0.6) is 0 Å². The number of thiazole rings is 1. The molecular formula is C16H26N2S2. The molecule has 4 heteroatoms. The number of rotatable bonds is 3. The highest BCUT2D eigenvalue weighted by atomic mass is 32.2. The molecule has 112 valence electrons. The molecule has 3 rings (SSSR count). The zero-order valence-electron chi connectivity index (χ0n) is 12.9. The third kappa shape index (κ3) is 3.40. The normalized spacial score (nSPS) is 26.8. The Bertz CT molecular complexity index is 456. The number of aryl methyl sites for hydroxylation is 1. The zero-order valence-corrected chi connectivity index (χ0v) is 14.5. The molecule has 1 aliphatic heterocycles. The number of nitrogens with one attached hydrogen (secondary N) is 1. The predicted octanol–water partition coefficient (Wildman–Crippen LogP) is 4.52. The van der Waals surface area contributed by atoms with Crippen molar-refractivity contribution in [2.45, 2.75) is 69.6 Å². The van der Waals surface area contributed by atoms with Crippen molar-refractivity contribution in [2.75, 3.05) is 12.3 Å². The number of nitrogens with zero attached hydrogens (tertiary/aromatic N) is 1. The zero-order chi connectivity index (χ0) is 14.2. The van der Waals surface area contributed by atoms with E-state index in [1.54, 1.807) is 4.88 Å². The van der Waals surface area contributed by atoms with Gasteiger partial charge in [0.05, 0.1) is 10.9 Å². The maximum atomic E-state index is 5.07. The van der Waals surface area contributed by atoms with E-state index in [-0.39, 0.29) is 5.54 Å². The van der Waals surface area contributed by atoms with Gasteiger partial charge >= 0.3 is 0 Å². The first-order valence-electron chi connectivity index (χ1n) is 7.89. The first-order chi connectivity index (χ1) is 9.53. The van der Waals surface area contributed by atoms with Crippen LogP contribution in [0.4, 0.5) is 0 Å². The van der Waals surface area contributed by atoms with Crippen LogP contribution in [-0.2, 0) is 6.42 Å². The van der Waals surface area contributed by atoms with E-state index < -0.39 is 0 Å². The van der Waals surface area contributed by atoms with Gasteiger partial charge in [-0.1, -0.05) is 0 Å². The summed E-state index contributed by atoms with van der Waals surface area (Å²) in [5.41, 5.74) is 1.64. The highest BCUT2D eigenvalue weighted by Gasteiger charge is 2.29. The average molecular weight is 311 g/mol. The highest BCUT2D eigenvalue weighted by molar-refractivity contribution is 7.99. The van der Waals surface area contributed by atoms with Gasteiger partial charge in [0.25, 0.3) is 0 Å². The summed E-state index contributed by atoms with van der Waals surface area (Å²) in [6, 6.07) is 0. The van der Waals surface area contributed by atoms with Crippen molar-refractivity contribution in [3.8, 4) is 0 Å². The monoisotopic (exact) mass is 310 g/mol. The number of aromatic nitrogens is 1. The predicted molar refractivity (Wildman–Crippen MR) is 90.0 cm³/mol. The smallest absolute Gasteiger partial charge is 0.106 e. The van der Waals surface area contributed by atoms with Crippen LogP contribution in [0.3, 0.4) is 0 Å². The Morgan fingerprint density at radius 1 is 1.25 bits per heavy atom. The quantitative estimate of drug-likeness (QED) is 0.888. The summed E-state index contributed by atoms with van der Waals surface area (Å²) in [7, 11) is 0. The Balaban J connectivity index is 1.74. The number of hydrogen-bond donors (Lipinski definition) is 1. The summed E-state index contributed by atoms with van der Waals surface area (Å²) in [5.74, 6) is 1.96. The van der Waals surface area contributed by atoms with E-state index in [1.165, 1.54) is 48.6 Å². The Morgan fingerprint density at radius 3 is 2.80 bits per heavy atom. The standard InChI is InChI=1S/C16H26N2S2/c1-16(2,3)17-10-11-6-4-7-12-14(11)18-15(20-12)13-8-5-9-19-13/h11,13,17H,4-10H2,1-3H3. The van der Waals surface area contributed by atoms with Crippen LogP contribution in [0, 0.1) is 0 Å². The lowest BCUT2D eigenvalue weighted by Gasteiger charge is -2.27. The third-order valence-corrected chi connectivity index (χ3v) is 6.95. The van der Waals surface area contributed by atoms with Gasteiger partial charge in [0.2, 0.25) is 0 Å². The van der Waals surface area contributed by atoms with Gasteiger partial charge in [0.15, 0.2) is 0 Å². The molecule has 0 radical (unpaired) electrons. The molecular weight excluding hydrogens is 284 g/mol. The van der Waals surface area contributed by atoms with E-state index in [0.717, 1.165) is 6.54 Å². The van der Waals surface area contributed by atoms with E-state index >= 15 is 0 Å². The van der Waals surface area contributed by atoms with Gasteiger partial charge in [-0.3, -0.25) is 0 Å². The number of thioether (sulfide) groups is 1. The molecule has 1 fully saturated rings. The summed E-state index contributed by atoms with van der Waals surface area (Å²) in [5, 5.41) is 5.78. The minimum atomic E-state index is 0.206. The van der Waals surface area contributed by atoms with Crippen molar-refractivity contribution in [2.24, 2.45) is 0 Å². The molecule has 0 saturated carbocycles. The molecule has 0 aromatic carbocycles. The third-order valence-electron chi connectivity index (χ3n) is 4.17. The Labute approximate surface area is 131 Å². The van der Waals surface area contributed by atoms with Crippen LogP contribution in [0.25, 0.3) is 0 Å². The molecule has 0 amide bonds. The molecule has 2 heterocycles. The second-order valence-electron chi connectivity index (χ2n) is 7.08. The fourth-order valence-electron chi connectivity index (χ4n) is 3.06.